The highest BCUT2D eigenvalue weighted by Gasteiger charge is 2.37. The second-order valence-corrected chi connectivity index (χ2v) is 4.66. The summed E-state index contributed by atoms with van der Waals surface area (Å²) in [4.78, 5) is 2.38. The quantitative estimate of drug-likeness (QED) is 0.705. The molecular formula is C11H13ClN2. The molecule has 1 saturated heterocycles. The van der Waals surface area contributed by atoms with E-state index in [-0.39, 0.29) is 0 Å². The summed E-state index contributed by atoms with van der Waals surface area (Å²) in [5.74, 6) is 0. The van der Waals surface area contributed by atoms with Crippen molar-refractivity contribution in [3.63, 3.8) is 0 Å². The summed E-state index contributed by atoms with van der Waals surface area (Å²) in [5.41, 5.74) is 8.56. The van der Waals surface area contributed by atoms with E-state index in [1.54, 1.807) is 0 Å². The van der Waals surface area contributed by atoms with Crippen molar-refractivity contribution in [1.29, 1.82) is 0 Å². The number of benzene rings is 1. The Morgan fingerprint density at radius 1 is 1.43 bits per heavy atom. The molecule has 0 radical (unpaired) electrons. The van der Waals surface area contributed by atoms with E-state index >= 15 is 0 Å². The van der Waals surface area contributed by atoms with Gasteiger partial charge in [0.15, 0.2) is 0 Å². The summed E-state index contributed by atoms with van der Waals surface area (Å²) >= 11 is 6.20. The van der Waals surface area contributed by atoms with Crippen molar-refractivity contribution in [2.75, 3.05) is 11.4 Å². The lowest BCUT2D eigenvalue weighted by Crippen LogP contribution is -2.27. The van der Waals surface area contributed by atoms with Crippen molar-refractivity contribution in [2.45, 2.75) is 24.9 Å². The Hall–Kier alpha value is -0.730. The fraction of sp³-hybridized carbons (Fsp3) is 0.455. The van der Waals surface area contributed by atoms with E-state index in [4.69, 9.17) is 17.3 Å². The summed E-state index contributed by atoms with van der Waals surface area (Å²) in [6.45, 7) is 0.960. The summed E-state index contributed by atoms with van der Waals surface area (Å²) < 4.78 is 0. The first-order chi connectivity index (χ1) is 6.75. The fourth-order valence-electron chi connectivity index (χ4n) is 2.72. The highest BCUT2D eigenvalue weighted by Crippen LogP contribution is 2.41. The van der Waals surface area contributed by atoms with Crippen LogP contribution < -0.4 is 10.6 Å². The van der Waals surface area contributed by atoms with Crippen LogP contribution in [0.2, 0.25) is 5.02 Å². The van der Waals surface area contributed by atoms with E-state index in [1.807, 2.05) is 12.1 Å². The van der Waals surface area contributed by atoms with E-state index < -0.39 is 0 Å². The standard InChI is InChI=1S/C11H13ClN2/c12-10-3-1-2-7-4-9-5-8(13)6-14(9)11(7)10/h1-3,8-9H,4-6,13H2. The third-order valence-corrected chi connectivity index (χ3v) is 3.56. The number of halogens is 1. The zero-order valence-corrected chi connectivity index (χ0v) is 8.67. The Balaban J connectivity index is 2.07. The Bertz CT molecular complexity index is 378. The topological polar surface area (TPSA) is 29.3 Å². The third kappa shape index (κ3) is 1.07. The average molecular weight is 209 g/mol. The molecule has 1 fully saturated rings. The second-order valence-electron chi connectivity index (χ2n) is 4.25. The van der Waals surface area contributed by atoms with Gasteiger partial charge in [0, 0.05) is 18.6 Å². The molecule has 2 nitrogen and oxygen atoms in total. The van der Waals surface area contributed by atoms with Gasteiger partial charge in [0.05, 0.1) is 10.7 Å². The largest absolute Gasteiger partial charge is 0.365 e. The molecule has 2 heterocycles. The van der Waals surface area contributed by atoms with E-state index in [2.05, 4.69) is 11.0 Å². The molecule has 2 atom stereocenters. The van der Waals surface area contributed by atoms with Crippen LogP contribution in [0.1, 0.15) is 12.0 Å². The van der Waals surface area contributed by atoms with Crippen LogP contribution in [0.15, 0.2) is 18.2 Å². The van der Waals surface area contributed by atoms with E-state index in [0.29, 0.717) is 12.1 Å². The van der Waals surface area contributed by atoms with Gasteiger partial charge in [0.25, 0.3) is 0 Å². The Morgan fingerprint density at radius 2 is 2.29 bits per heavy atom. The maximum Gasteiger partial charge on any atom is 0.0642 e. The van der Waals surface area contributed by atoms with Gasteiger partial charge in [-0.25, -0.2) is 0 Å². The van der Waals surface area contributed by atoms with Crippen LogP contribution >= 0.6 is 11.6 Å². The summed E-state index contributed by atoms with van der Waals surface area (Å²) in [6, 6.07) is 7.09. The molecule has 0 aromatic heterocycles. The van der Waals surface area contributed by atoms with Crippen molar-refractivity contribution in [3.05, 3.63) is 28.8 Å². The minimum atomic E-state index is 0.324. The van der Waals surface area contributed by atoms with Crippen molar-refractivity contribution < 1.29 is 0 Å². The lowest BCUT2D eigenvalue weighted by atomic mass is 10.1. The molecule has 2 aliphatic heterocycles. The molecule has 0 saturated carbocycles. The smallest absolute Gasteiger partial charge is 0.0642 e. The van der Waals surface area contributed by atoms with Crippen LogP contribution in [0.3, 0.4) is 0 Å². The monoisotopic (exact) mass is 208 g/mol. The molecule has 0 aliphatic carbocycles. The Morgan fingerprint density at radius 3 is 3.14 bits per heavy atom. The first-order valence-electron chi connectivity index (χ1n) is 5.05. The Labute approximate surface area is 88.6 Å². The molecule has 2 N–H and O–H groups in total. The molecular weight excluding hydrogens is 196 g/mol. The highest BCUT2D eigenvalue weighted by molar-refractivity contribution is 6.33. The number of fused-ring (bicyclic) bond motifs is 3. The van der Waals surface area contributed by atoms with Crippen LogP contribution in [0.4, 0.5) is 5.69 Å². The van der Waals surface area contributed by atoms with Gasteiger partial charge in [0.2, 0.25) is 0 Å². The predicted octanol–water partition coefficient (Wildman–Crippen LogP) is 1.80. The number of nitrogens with two attached hydrogens (primary N) is 1. The molecule has 1 aromatic carbocycles. The van der Waals surface area contributed by atoms with Crippen molar-refractivity contribution in [2.24, 2.45) is 5.73 Å². The number of rotatable bonds is 0. The molecule has 0 spiro atoms. The summed E-state index contributed by atoms with van der Waals surface area (Å²) in [5, 5.41) is 0.874. The van der Waals surface area contributed by atoms with Crippen LogP contribution in [0.25, 0.3) is 0 Å². The zero-order valence-electron chi connectivity index (χ0n) is 7.91. The van der Waals surface area contributed by atoms with Gasteiger partial charge in [-0.2, -0.15) is 0 Å². The van der Waals surface area contributed by atoms with Crippen molar-refractivity contribution >= 4 is 17.3 Å². The SMILES string of the molecule is NC1CC2Cc3cccc(Cl)c3N2C1. The predicted molar refractivity (Wildman–Crippen MR) is 58.9 cm³/mol. The highest BCUT2D eigenvalue weighted by atomic mass is 35.5. The summed E-state index contributed by atoms with van der Waals surface area (Å²) in [6.07, 6.45) is 2.22. The number of nitrogens with zero attached hydrogens (tertiary/aromatic N) is 1. The van der Waals surface area contributed by atoms with Gasteiger partial charge in [-0.15, -0.1) is 0 Å². The van der Waals surface area contributed by atoms with Crippen molar-refractivity contribution in [3.8, 4) is 0 Å². The maximum atomic E-state index is 6.20. The molecule has 3 rings (SSSR count). The number of hydrogen-bond acceptors (Lipinski definition) is 2. The van der Waals surface area contributed by atoms with Crippen molar-refractivity contribution in [1.82, 2.24) is 0 Å². The van der Waals surface area contributed by atoms with Crippen LogP contribution in [0, 0.1) is 0 Å². The molecule has 0 bridgehead atoms. The second kappa shape index (κ2) is 2.88. The van der Waals surface area contributed by atoms with Gasteiger partial charge in [-0.3, -0.25) is 0 Å². The number of hydrogen-bond donors (Lipinski definition) is 1. The molecule has 1 aromatic rings. The van der Waals surface area contributed by atoms with Gasteiger partial charge in [0.1, 0.15) is 0 Å². The summed E-state index contributed by atoms with van der Waals surface area (Å²) in [7, 11) is 0. The average Bonchev–Trinajstić information content (AvgIpc) is 2.60. The van der Waals surface area contributed by atoms with Gasteiger partial charge in [-0.05, 0) is 24.5 Å². The van der Waals surface area contributed by atoms with E-state index in [1.165, 1.54) is 11.3 Å². The van der Waals surface area contributed by atoms with Crippen LogP contribution in [0.5, 0.6) is 0 Å². The Kier molecular flexibility index (Phi) is 1.76. The maximum absolute atomic E-state index is 6.20. The molecule has 3 heteroatoms. The number of anilines is 1. The third-order valence-electron chi connectivity index (χ3n) is 3.26. The first-order valence-corrected chi connectivity index (χ1v) is 5.43. The molecule has 0 amide bonds. The normalized spacial score (nSPS) is 29.1. The van der Waals surface area contributed by atoms with Gasteiger partial charge >= 0.3 is 0 Å². The van der Waals surface area contributed by atoms with Gasteiger partial charge in [-0.1, -0.05) is 23.7 Å². The minimum Gasteiger partial charge on any atom is -0.365 e. The lowest BCUT2D eigenvalue weighted by Gasteiger charge is -2.19. The van der Waals surface area contributed by atoms with E-state index in [9.17, 15) is 0 Å². The minimum absolute atomic E-state index is 0.324. The number of para-hydroxylation sites is 1. The molecule has 2 unspecified atom stereocenters. The van der Waals surface area contributed by atoms with E-state index in [0.717, 1.165) is 24.4 Å². The van der Waals surface area contributed by atoms with Crippen LogP contribution in [-0.2, 0) is 6.42 Å². The first kappa shape index (κ1) is 8.57. The fourth-order valence-corrected chi connectivity index (χ4v) is 3.02. The van der Waals surface area contributed by atoms with Gasteiger partial charge < -0.3 is 10.6 Å². The zero-order chi connectivity index (χ0) is 9.71. The lowest BCUT2D eigenvalue weighted by molar-refractivity contribution is 0.662. The molecule has 2 aliphatic rings. The van der Waals surface area contributed by atoms with Crippen LogP contribution in [-0.4, -0.2) is 18.6 Å². The molecule has 14 heavy (non-hydrogen) atoms. The molecule has 74 valence electrons.